The van der Waals surface area contributed by atoms with Crippen LogP contribution in [0.4, 0.5) is 0 Å². The Morgan fingerprint density at radius 2 is 2.29 bits per heavy atom. The minimum Gasteiger partial charge on any atom is -0.480 e. The van der Waals surface area contributed by atoms with Crippen LogP contribution in [-0.4, -0.2) is 32.7 Å². The molecule has 0 aliphatic carbocycles. The van der Waals surface area contributed by atoms with Gasteiger partial charge in [0.25, 0.3) is 0 Å². The Labute approximate surface area is 105 Å². The van der Waals surface area contributed by atoms with Crippen LogP contribution >= 0.6 is 11.8 Å². The molecule has 0 saturated carbocycles. The van der Waals surface area contributed by atoms with Crippen LogP contribution in [0.3, 0.4) is 0 Å². The van der Waals surface area contributed by atoms with E-state index in [1.165, 1.54) is 0 Å². The first-order valence-corrected chi connectivity index (χ1v) is 6.66. The zero-order chi connectivity index (χ0) is 12.6. The van der Waals surface area contributed by atoms with Crippen molar-refractivity contribution in [3.05, 3.63) is 17.0 Å². The van der Waals surface area contributed by atoms with Gasteiger partial charge in [0.1, 0.15) is 6.04 Å². The number of nitrogens with zero attached hydrogens (tertiary/aromatic N) is 2. The molecule has 94 valence electrons. The molecule has 0 spiro atoms. The van der Waals surface area contributed by atoms with E-state index in [2.05, 4.69) is 10.4 Å². The number of aromatic nitrogens is 2. The molecular formula is C11H17N3O2S. The molecule has 5 nitrogen and oxygen atoms in total. The molecular weight excluding hydrogens is 238 g/mol. The van der Waals surface area contributed by atoms with E-state index < -0.39 is 12.0 Å². The Bertz CT molecular complexity index is 444. The van der Waals surface area contributed by atoms with E-state index in [0.717, 1.165) is 22.7 Å². The fourth-order valence-corrected chi connectivity index (χ4v) is 3.52. The van der Waals surface area contributed by atoms with Gasteiger partial charge in [0.2, 0.25) is 0 Å². The van der Waals surface area contributed by atoms with E-state index in [9.17, 15) is 4.79 Å². The number of aliphatic carboxylic acids is 1. The number of hydrogen-bond acceptors (Lipinski definition) is 4. The fourth-order valence-electron chi connectivity index (χ4n) is 2.15. The highest BCUT2D eigenvalue weighted by Crippen LogP contribution is 2.34. The van der Waals surface area contributed by atoms with E-state index in [-0.39, 0.29) is 5.37 Å². The molecule has 1 aromatic heterocycles. The highest BCUT2D eigenvalue weighted by molar-refractivity contribution is 7.99. The Kier molecular flexibility index (Phi) is 3.44. The van der Waals surface area contributed by atoms with Gasteiger partial charge in [-0.15, -0.1) is 11.8 Å². The number of aryl methyl sites for hydroxylation is 2. The molecule has 0 aromatic carbocycles. The molecule has 0 radical (unpaired) electrons. The molecule has 17 heavy (non-hydrogen) atoms. The minimum absolute atomic E-state index is 0.0403. The number of rotatable bonds is 2. The van der Waals surface area contributed by atoms with Crippen LogP contribution in [0.5, 0.6) is 0 Å². The van der Waals surface area contributed by atoms with Crippen LogP contribution < -0.4 is 5.32 Å². The molecule has 0 amide bonds. The van der Waals surface area contributed by atoms with Gasteiger partial charge >= 0.3 is 5.97 Å². The summed E-state index contributed by atoms with van der Waals surface area (Å²) >= 11 is 1.75. The third kappa shape index (κ3) is 2.32. The van der Waals surface area contributed by atoms with E-state index in [4.69, 9.17) is 5.11 Å². The Morgan fingerprint density at radius 1 is 1.59 bits per heavy atom. The predicted molar refractivity (Wildman–Crippen MR) is 67.1 cm³/mol. The van der Waals surface area contributed by atoms with Crippen molar-refractivity contribution in [1.29, 1.82) is 0 Å². The normalized spacial score (nSPS) is 24.9. The van der Waals surface area contributed by atoms with Crippen molar-refractivity contribution in [2.45, 2.75) is 31.7 Å². The second-order valence-corrected chi connectivity index (χ2v) is 5.52. The summed E-state index contributed by atoms with van der Waals surface area (Å²) in [5.41, 5.74) is 3.20. The van der Waals surface area contributed by atoms with Crippen molar-refractivity contribution in [3.8, 4) is 0 Å². The molecule has 6 heteroatoms. The van der Waals surface area contributed by atoms with Crippen molar-refractivity contribution in [3.63, 3.8) is 0 Å². The summed E-state index contributed by atoms with van der Waals surface area (Å²) < 4.78 is 1.84. The van der Waals surface area contributed by atoms with Crippen LogP contribution in [0.2, 0.25) is 0 Å². The quantitative estimate of drug-likeness (QED) is 0.831. The molecule has 2 heterocycles. The molecule has 2 atom stereocenters. The molecule has 1 aromatic rings. The van der Waals surface area contributed by atoms with E-state index in [1.807, 2.05) is 25.6 Å². The van der Waals surface area contributed by atoms with Crippen LogP contribution in [0.25, 0.3) is 0 Å². The van der Waals surface area contributed by atoms with Gasteiger partial charge in [-0.25, -0.2) is 0 Å². The first-order valence-electron chi connectivity index (χ1n) is 5.61. The fraction of sp³-hybridized carbons (Fsp3) is 0.636. The van der Waals surface area contributed by atoms with Crippen LogP contribution in [-0.2, 0) is 11.8 Å². The predicted octanol–water partition coefficient (Wildman–Crippen LogP) is 1.22. The smallest absolute Gasteiger partial charge is 0.320 e. The zero-order valence-corrected chi connectivity index (χ0v) is 11.0. The molecule has 1 aliphatic rings. The largest absolute Gasteiger partial charge is 0.480 e. The number of thioether (sulfide) groups is 1. The molecule has 2 N–H and O–H groups in total. The maximum absolute atomic E-state index is 11.0. The van der Waals surface area contributed by atoms with Gasteiger partial charge in [0.05, 0.1) is 11.1 Å². The van der Waals surface area contributed by atoms with Gasteiger partial charge in [0, 0.05) is 18.3 Å². The van der Waals surface area contributed by atoms with E-state index in [1.54, 1.807) is 11.8 Å². The molecule has 1 aliphatic heterocycles. The van der Waals surface area contributed by atoms with Gasteiger partial charge in [-0.3, -0.25) is 14.8 Å². The Balaban J connectivity index is 2.24. The SMILES string of the molecule is Cc1nn(C)c(C)c1C1NC(C(=O)O)CCS1. The molecule has 2 rings (SSSR count). The second kappa shape index (κ2) is 4.70. The Hall–Kier alpha value is -1.01. The zero-order valence-electron chi connectivity index (χ0n) is 10.2. The first kappa shape index (κ1) is 12.4. The number of hydrogen-bond donors (Lipinski definition) is 2. The van der Waals surface area contributed by atoms with Crippen molar-refractivity contribution in [1.82, 2.24) is 15.1 Å². The van der Waals surface area contributed by atoms with Gasteiger partial charge in [-0.05, 0) is 26.0 Å². The van der Waals surface area contributed by atoms with Crippen molar-refractivity contribution in [2.75, 3.05) is 5.75 Å². The third-order valence-corrected chi connectivity index (χ3v) is 4.35. The summed E-state index contributed by atoms with van der Waals surface area (Å²) in [5, 5.41) is 16.6. The molecule has 1 fully saturated rings. The van der Waals surface area contributed by atoms with Crippen LogP contribution in [0, 0.1) is 13.8 Å². The summed E-state index contributed by atoms with van der Waals surface area (Å²) in [6.07, 6.45) is 0.675. The number of nitrogens with one attached hydrogen (secondary N) is 1. The van der Waals surface area contributed by atoms with E-state index in [0.29, 0.717) is 6.42 Å². The molecule has 1 saturated heterocycles. The highest BCUT2D eigenvalue weighted by atomic mass is 32.2. The lowest BCUT2D eigenvalue weighted by molar-refractivity contribution is -0.139. The lowest BCUT2D eigenvalue weighted by atomic mass is 10.1. The van der Waals surface area contributed by atoms with Crippen LogP contribution in [0.15, 0.2) is 0 Å². The van der Waals surface area contributed by atoms with Crippen molar-refractivity contribution in [2.24, 2.45) is 7.05 Å². The topological polar surface area (TPSA) is 67.2 Å². The lowest BCUT2D eigenvalue weighted by Crippen LogP contribution is -2.42. The summed E-state index contributed by atoms with van der Waals surface area (Å²) in [4.78, 5) is 11.0. The third-order valence-electron chi connectivity index (χ3n) is 3.17. The van der Waals surface area contributed by atoms with Gasteiger partial charge in [0.15, 0.2) is 0 Å². The average Bonchev–Trinajstić information content (AvgIpc) is 2.53. The van der Waals surface area contributed by atoms with Gasteiger partial charge in [-0.2, -0.15) is 5.10 Å². The molecule has 2 unspecified atom stereocenters. The van der Waals surface area contributed by atoms with Gasteiger partial charge < -0.3 is 5.11 Å². The number of carboxylic acids is 1. The summed E-state index contributed by atoms with van der Waals surface area (Å²) in [7, 11) is 1.91. The highest BCUT2D eigenvalue weighted by Gasteiger charge is 2.30. The summed E-state index contributed by atoms with van der Waals surface area (Å²) in [6, 6.07) is -0.444. The van der Waals surface area contributed by atoms with Crippen molar-refractivity contribution < 1.29 is 9.90 Å². The monoisotopic (exact) mass is 255 g/mol. The van der Waals surface area contributed by atoms with Crippen molar-refractivity contribution >= 4 is 17.7 Å². The van der Waals surface area contributed by atoms with Gasteiger partial charge in [-0.1, -0.05) is 0 Å². The first-order chi connectivity index (χ1) is 8.00. The standard InChI is InChI=1S/C11H17N3O2S/c1-6-9(7(2)14(3)13-6)10-12-8(11(15)16)4-5-17-10/h8,10,12H,4-5H2,1-3H3,(H,15,16). The molecule has 0 bridgehead atoms. The number of carbonyl (C=O) groups is 1. The summed E-state index contributed by atoms with van der Waals surface area (Å²) in [6.45, 7) is 3.98. The summed E-state index contributed by atoms with van der Waals surface area (Å²) in [5.74, 6) is 0.0945. The average molecular weight is 255 g/mol. The second-order valence-electron chi connectivity index (χ2n) is 4.31. The maximum Gasteiger partial charge on any atom is 0.320 e. The van der Waals surface area contributed by atoms with E-state index >= 15 is 0 Å². The maximum atomic E-state index is 11.0. The Morgan fingerprint density at radius 3 is 2.82 bits per heavy atom. The minimum atomic E-state index is -0.769. The van der Waals surface area contributed by atoms with Crippen LogP contribution in [0.1, 0.15) is 28.7 Å². The number of carboxylic acid groups (broad SMARTS) is 1. The lowest BCUT2D eigenvalue weighted by Gasteiger charge is -2.28.